The third kappa shape index (κ3) is 3.37. The fraction of sp³-hybridized carbons (Fsp3) is 0.286. The molecule has 160 valence electrons. The SMILES string of the molecule is Cn1c(=O)c2cc(S(=O)(=O)NC3(C)CC3)ccc2n(Cc2nc3ccccc3[nH]2)c1=O. The number of aromatic nitrogens is 4. The lowest BCUT2D eigenvalue weighted by Gasteiger charge is -2.14. The minimum absolute atomic E-state index is 0.000777. The average Bonchev–Trinajstić information content (AvgIpc) is 3.30. The summed E-state index contributed by atoms with van der Waals surface area (Å²) in [6, 6.07) is 11.8. The van der Waals surface area contributed by atoms with E-state index in [0.29, 0.717) is 11.3 Å². The molecule has 2 aromatic carbocycles. The molecule has 4 aromatic rings. The zero-order valence-electron chi connectivity index (χ0n) is 17.0. The van der Waals surface area contributed by atoms with Crippen LogP contribution in [0.2, 0.25) is 0 Å². The van der Waals surface area contributed by atoms with Crippen molar-refractivity contribution < 1.29 is 8.42 Å². The van der Waals surface area contributed by atoms with E-state index in [0.717, 1.165) is 28.4 Å². The standard InChI is InChI=1S/C21H21N5O4S/c1-21(9-10-21)24-31(29,30)13-7-8-17-14(11-13)19(27)25(2)20(28)26(17)12-18-22-15-5-3-4-6-16(15)23-18/h3-8,11,24H,9-10,12H2,1-2H3,(H,22,23). The van der Waals surface area contributed by atoms with Gasteiger partial charge in [0.2, 0.25) is 10.0 Å². The zero-order valence-corrected chi connectivity index (χ0v) is 17.9. The van der Waals surface area contributed by atoms with Crippen LogP contribution >= 0.6 is 0 Å². The molecule has 2 aromatic heterocycles. The molecule has 2 N–H and O–H groups in total. The van der Waals surface area contributed by atoms with E-state index in [1.54, 1.807) is 0 Å². The Kier molecular flexibility index (Phi) is 4.21. The topological polar surface area (TPSA) is 119 Å². The summed E-state index contributed by atoms with van der Waals surface area (Å²) >= 11 is 0. The molecule has 9 nitrogen and oxygen atoms in total. The number of para-hydroxylation sites is 2. The summed E-state index contributed by atoms with van der Waals surface area (Å²) in [6.45, 7) is 1.95. The smallest absolute Gasteiger partial charge is 0.331 e. The molecule has 0 spiro atoms. The van der Waals surface area contributed by atoms with Crippen LogP contribution in [0.1, 0.15) is 25.6 Å². The van der Waals surface area contributed by atoms with E-state index in [2.05, 4.69) is 14.7 Å². The second-order valence-electron chi connectivity index (χ2n) is 8.28. The Morgan fingerprint density at radius 3 is 2.61 bits per heavy atom. The predicted molar refractivity (Wildman–Crippen MR) is 117 cm³/mol. The van der Waals surface area contributed by atoms with Crippen molar-refractivity contribution in [1.82, 2.24) is 23.8 Å². The van der Waals surface area contributed by atoms with Gasteiger partial charge in [-0.15, -0.1) is 0 Å². The van der Waals surface area contributed by atoms with Crippen molar-refractivity contribution >= 4 is 32.0 Å². The number of hydrogen-bond donors (Lipinski definition) is 2. The van der Waals surface area contributed by atoms with Gasteiger partial charge in [-0.3, -0.25) is 13.9 Å². The van der Waals surface area contributed by atoms with Gasteiger partial charge in [0.1, 0.15) is 5.82 Å². The van der Waals surface area contributed by atoms with Gasteiger partial charge in [-0.2, -0.15) is 0 Å². The first-order chi connectivity index (χ1) is 14.7. The Hall–Kier alpha value is -3.24. The monoisotopic (exact) mass is 439 g/mol. The third-order valence-electron chi connectivity index (χ3n) is 5.75. The molecule has 0 radical (unpaired) electrons. The van der Waals surface area contributed by atoms with E-state index in [-0.39, 0.29) is 16.8 Å². The number of benzene rings is 2. The summed E-state index contributed by atoms with van der Waals surface area (Å²) in [5.41, 5.74) is 0.483. The van der Waals surface area contributed by atoms with Crippen LogP contribution in [-0.2, 0) is 23.6 Å². The number of fused-ring (bicyclic) bond motifs is 2. The van der Waals surface area contributed by atoms with Crippen molar-refractivity contribution in [2.24, 2.45) is 7.05 Å². The molecule has 0 unspecified atom stereocenters. The number of nitrogens with one attached hydrogen (secondary N) is 2. The lowest BCUT2D eigenvalue weighted by molar-refractivity contribution is 0.558. The molecule has 10 heteroatoms. The van der Waals surface area contributed by atoms with E-state index in [4.69, 9.17) is 0 Å². The second-order valence-corrected chi connectivity index (χ2v) is 9.96. The zero-order chi connectivity index (χ0) is 22.0. The molecule has 1 aliphatic carbocycles. The van der Waals surface area contributed by atoms with Crippen LogP contribution in [0.25, 0.3) is 21.9 Å². The summed E-state index contributed by atoms with van der Waals surface area (Å²) < 4.78 is 30.6. The highest BCUT2D eigenvalue weighted by Crippen LogP contribution is 2.36. The lowest BCUT2D eigenvalue weighted by Crippen LogP contribution is -2.39. The normalized spacial score (nSPS) is 15.5. The van der Waals surface area contributed by atoms with Crippen molar-refractivity contribution in [3.8, 4) is 0 Å². The van der Waals surface area contributed by atoms with Gasteiger partial charge >= 0.3 is 5.69 Å². The summed E-state index contributed by atoms with van der Waals surface area (Å²) in [7, 11) is -2.40. The van der Waals surface area contributed by atoms with Crippen LogP contribution in [0.5, 0.6) is 0 Å². The fourth-order valence-corrected chi connectivity index (χ4v) is 5.19. The summed E-state index contributed by atoms with van der Waals surface area (Å²) in [5.74, 6) is 0.559. The van der Waals surface area contributed by atoms with Gasteiger partial charge in [-0.05, 0) is 50.1 Å². The molecule has 1 fully saturated rings. The Morgan fingerprint density at radius 1 is 1.16 bits per heavy atom. The van der Waals surface area contributed by atoms with Crippen LogP contribution in [0.15, 0.2) is 56.9 Å². The van der Waals surface area contributed by atoms with Gasteiger partial charge in [0.05, 0.1) is 33.4 Å². The van der Waals surface area contributed by atoms with Gasteiger partial charge in [0.15, 0.2) is 0 Å². The maximum absolute atomic E-state index is 12.9. The molecule has 2 heterocycles. The van der Waals surface area contributed by atoms with Crippen LogP contribution < -0.4 is 16.0 Å². The summed E-state index contributed by atoms with van der Waals surface area (Å²) in [5, 5.41) is 0.155. The number of imidazole rings is 1. The predicted octanol–water partition coefficient (Wildman–Crippen LogP) is 1.46. The molecule has 0 aliphatic heterocycles. The highest BCUT2D eigenvalue weighted by atomic mass is 32.2. The largest absolute Gasteiger partial charge is 0.340 e. The summed E-state index contributed by atoms with van der Waals surface area (Å²) in [4.78, 5) is 33.3. The maximum Gasteiger partial charge on any atom is 0.331 e. The van der Waals surface area contributed by atoms with E-state index < -0.39 is 26.8 Å². The quantitative estimate of drug-likeness (QED) is 0.488. The Bertz CT molecular complexity index is 1540. The molecule has 5 rings (SSSR count). The Labute approximate surface area is 177 Å². The average molecular weight is 439 g/mol. The fourth-order valence-electron chi connectivity index (χ4n) is 3.70. The van der Waals surface area contributed by atoms with Crippen molar-refractivity contribution in [3.63, 3.8) is 0 Å². The minimum Gasteiger partial charge on any atom is -0.340 e. The van der Waals surface area contributed by atoms with Crippen LogP contribution in [0.4, 0.5) is 0 Å². The maximum atomic E-state index is 12.9. The van der Waals surface area contributed by atoms with Crippen molar-refractivity contribution in [2.75, 3.05) is 0 Å². The van der Waals surface area contributed by atoms with Crippen LogP contribution in [0, 0.1) is 0 Å². The first-order valence-electron chi connectivity index (χ1n) is 9.88. The Morgan fingerprint density at radius 2 is 1.90 bits per heavy atom. The van der Waals surface area contributed by atoms with Crippen molar-refractivity contribution in [2.45, 2.75) is 36.7 Å². The van der Waals surface area contributed by atoms with Crippen molar-refractivity contribution in [1.29, 1.82) is 0 Å². The van der Waals surface area contributed by atoms with Crippen molar-refractivity contribution in [3.05, 3.63) is 69.1 Å². The van der Waals surface area contributed by atoms with Gasteiger partial charge < -0.3 is 4.98 Å². The number of nitrogens with zero attached hydrogens (tertiary/aromatic N) is 3. The third-order valence-corrected chi connectivity index (χ3v) is 7.39. The molecule has 31 heavy (non-hydrogen) atoms. The van der Waals surface area contributed by atoms with E-state index in [1.807, 2.05) is 31.2 Å². The van der Waals surface area contributed by atoms with E-state index in [9.17, 15) is 18.0 Å². The first kappa shape index (κ1) is 19.7. The molecular formula is C21H21N5O4S. The Balaban J connectivity index is 1.64. The van der Waals surface area contributed by atoms with Gasteiger partial charge in [0, 0.05) is 12.6 Å². The number of rotatable bonds is 5. The number of sulfonamides is 1. The number of hydrogen-bond acceptors (Lipinski definition) is 5. The minimum atomic E-state index is -3.78. The molecule has 1 aliphatic rings. The van der Waals surface area contributed by atoms with Crippen LogP contribution in [0.3, 0.4) is 0 Å². The molecule has 1 saturated carbocycles. The van der Waals surface area contributed by atoms with E-state index in [1.165, 1.54) is 29.8 Å². The highest BCUT2D eigenvalue weighted by molar-refractivity contribution is 7.89. The number of H-pyrrole nitrogens is 1. The van der Waals surface area contributed by atoms with Gasteiger partial charge in [-0.1, -0.05) is 12.1 Å². The molecule has 0 atom stereocenters. The van der Waals surface area contributed by atoms with Crippen LogP contribution in [-0.4, -0.2) is 33.1 Å². The first-order valence-corrected chi connectivity index (χ1v) is 11.4. The highest BCUT2D eigenvalue weighted by Gasteiger charge is 2.41. The van der Waals surface area contributed by atoms with Gasteiger partial charge in [-0.25, -0.2) is 22.9 Å². The number of aromatic amines is 1. The molecular weight excluding hydrogens is 418 g/mol. The molecule has 0 bridgehead atoms. The summed E-state index contributed by atoms with van der Waals surface area (Å²) in [6.07, 6.45) is 1.55. The molecule has 0 saturated heterocycles. The molecule has 0 amide bonds. The lowest BCUT2D eigenvalue weighted by atomic mass is 10.2. The van der Waals surface area contributed by atoms with Gasteiger partial charge in [0.25, 0.3) is 5.56 Å². The van der Waals surface area contributed by atoms with E-state index >= 15 is 0 Å². The second kappa shape index (κ2) is 6.63.